The first-order valence-electron chi connectivity index (χ1n) is 12.0. The minimum Gasteiger partial charge on any atom is -0.390 e. The van der Waals surface area contributed by atoms with Crippen LogP contribution >= 0.6 is 11.3 Å². The molecule has 8 nitrogen and oxygen atoms in total. The molecule has 1 aliphatic rings. The molecule has 3 unspecified atom stereocenters. The molecule has 4 rings (SSSR count). The van der Waals surface area contributed by atoms with Crippen LogP contribution in [0.15, 0.2) is 12.3 Å². The van der Waals surface area contributed by atoms with E-state index < -0.39 is 5.60 Å². The second-order valence-corrected chi connectivity index (χ2v) is 11.2. The molecule has 0 aliphatic heterocycles. The van der Waals surface area contributed by atoms with Crippen LogP contribution in [-0.2, 0) is 4.74 Å². The van der Waals surface area contributed by atoms with Crippen molar-refractivity contribution in [2.45, 2.75) is 78.0 Å². The number of aryl methyl sites for hydroxylation is 2. The molecule has 3 aromatic heterocycles. The van der Waals surface area contributed by atoms with E-state index in [-0.39, 0.29) is 6.04 Å². The highest BCUT2D eigenvalue weighted by Gasteiger charge is 2.30. The molecule has 3 atom stereocenters. The Morgan fingerprint density at radius 1 is 1.21 bits per heavy atom. The zero-order valence-electron chi connectivity index (χ0n) is 21.0. The van der Waals surface area contributed by atoms with Gasteiger partial charge in [0.05, 0.1) is 33.9 Å². The van der Waals surface area contributed by atoms with E-state index in [1.54, 1.807) is 18.4 Å². The van der Waals surface area contributed by atoms with Gasteiger partial charge in [-0.1, -0.05) is 0 Å². The lowest BCUT2D eigenvalue weighted by Crippen LogP contribution is -2.25. The van der Waals surface area contributed by atoms with Gasteiger partial charge >= 0.3 is 0 Å². The van der Waals surface area contributed by atoms with E-state index in [1.165, 1.54) is 0 Å². The van der Waals surface area contributed by atoms with Crippen molar-refractivity contribution >= 4 is 33.3 Å². The van der Waals surface area contributed by atoms with Crippen LogP contribution in [0.2, 0.25) is 0 Å². The van der Waals surface area contributed by atoms with E-state index in [1.807, 2.05) is 46.9 Å². The molecule has 0 saturated heterocycles. The van der Waals surface area contributed by atoms with Crippen molar-refractivity contribution in [1.82, 2.24) is 19.9 Å². The SMILES string of the molecule is COCC(C)Nc1nc(C)c(-c2nc3c(C)nccc3s2)c(NC2CCC(CC(C)(C)O)C2)n1. The highest BCUT2D eigenvalue weighted by Crippen LogP contribution is 2.39. The smallest absolute Gasteiger partial charge is 0.225 e. The standard InChI is InChI=1S/C25H36N6O2S/c1-14(13-33-6)27-24-28-15(2)20(23-30-21-16(3)26-10-9-19(21)34-23)22(31-24)29-18-8-7-17(11-18)12-25(4,5)32/h9-10,14,17-18,32H,7-8,11-13H2,1-6H3,(H2,27,28,29,31). The van der Waals surface area contributed by atoms with Crippen molar-refractivity contribution in [2.24, 2.45) is 5.92 Å². The van der Waals surface area contributed by atoms with Crippen LogP contribution in [0.25, 0.3) is 20.8 Å². The number of anilines is 2. The summed E-state index contributed by atoms with van der Waals surface area (Å²) in [7, 11) is 1.69. The third-order valence-electron chi connectivity index (χ3n) is 6.26. The molecule has 0 amide bonds. The number of thiazole rings is 1. The predicted molar refractivity (Wildman–Crippen MR) is 139 cm³/mol. The number of aromatic nitrogens is 4. The zero-order chi connectivity index (χ0) is 24.5. The highest BCUT2D eigenvalue weighted by molar-refractivity contribution is 7.21. The molecule has 3 heterocycles. The Kier molecular flexibility index (Phi) is 7.35. The minimum atomic E-state index is -0.641. The van der Waals surface area contributed by atoms with Crippen molar-refractivity contribution in [3.05, 3.63) is 23.7 Å². The number of methoxy groups -OCH3 is 1. The van der Waals surface area contributed by atoms with Gasteiger partial charge in [-0.3, -0.25) is 4.98 Å². The summed E-state index contributed by atoms with van der Waals surface area (Å²) in [5.41, 5.74) is 3.02. The Labute approximate surface area is 205 Å². The average Bonchev–Trinajstić information content (AvgIpc) is 3.34. The summed E-state index contributed by atoms with van der Waals surface area (Å²) in [6.07, 6.45) is 5.80. The van der Waals surface area contributed by atoms with Gasteiger partial charge < -0.3 is 20.5 Å². The summed E-state index contributed by atoms with van der Waals surface area (Å²) in [5.74, 6) is 1.89. The van der Waals surface area contributed by atoms with Crippen LogP contribution in [0.1, 0.15) is 57.8 Å². The van der Waals surface area contributed by atoms with Crippen molar-refractivity contribution in [2.75, 3.05) is 24.4 Å². The second kappa shape index (κ2) is 10.1. The van der Waals surface area contributed by atoms with Gasteiger partial charge in [-0.15, -0.1) is 11.3 Å². The lowest BCUT2D eigenvalue weighted by Gasteiger charge is -2.22. The molecule has 1 aliphatic carbocycles. The molecule has 184 valence electrons. The van der Waals surface area contributed by atoms with Gasteiger partial charge in [0.25, 0.3) is 0 Å². The first-order chi connectivity index (χ1) is 16.1. The number of hydrogen-bond donors (Lipinski definition) is 3. The van der Waals surface area contributed by atoms with E-state index in [0.29, 0.717) is 24.5 Å². The van der Waals surface area contributed by atoms with Gasteiger partial charge in [0, 0.05) is 25.4 Å². The lowest BCUT2D eigenvalue weighted by molar-refractivity contribution is 0.0534. The molecule has 0 radical (unpaired) electrons. The number of rotatable bonds is 9. The van der Waals surface area contributed by atoms with Gasteiger partial charge in [-0.25, -0.2) is 9.97 Å². The highest BCUT2D eigenvalue weighted by atomic mass is 32.1. The van der Waals surface area contributed by atoms with Crippen LogP contribution in [0.3, 0.4) is 0 Å². The first-order valence-corrected chi connectivity index (χ1v) is 12.8. The van der Waals surface area contributed by atoms with Gasteiger partial charge in [0.2, 0.25) is 5.95 Å². The number of aliphatic hydroxyl groups is 1. The normalized spacial score (nSPS) is 19.5. The van der Waals surface area contributed by atoms with Crippen molar-refractivity contribution in [3.63, 3.8) is 0 Å². The van der Waals surface area contributed by atoms with Crippen LogP contribution in [0.5, 0.6) is 0 Å². The van der Waals surface area contributed by atoms with Crippen molar-refractivity contribution in [1.29, 1.82) is 0 Å². The van der Waals surface area contributed by atoms with Gasteiger partial charge in [-0.2, -0.15) is 4.98 Å². The number of ether oxygens (including phenoxy) is 1. The number of pyridine rings is 1. The third kappa shape index (κ3) is 5.82. The maximum Gasteiger partial charge on any atom is 0.225 e. The van der Waals surface area contributed by atoms with Gasteiger partial charge in [-0.05, 0) is 72.3 Å². The van der Waals surface area contributed by atoms with Crippen LogP contribution in [-0.4, -0.2) is 56.4 Å². The van der Waals surface area contributed by atoms with E-state index in [9.17, 15) is 5.11 Å². The summed E-state index contributed by atoms with van der Waals surface area (Å²) in [6, 6.07) is 2.39. The van der Waals surface area contributed by atoms with Crippen LogP contribution in [0, 0.1) is 19.8 Å². The Morgan fingerprint density at radius 2 is 2.00 bits per heavy atom. The molecule has 9 heteroatoms. The third-order valence-corrected chi connectivity index (χ3v) is 7.29. The average molecular weight is 485 g/mol. The molecule has 0 bridgehead atoms. The largest absolute Gasteiger partial charge is 0.390 e. The van der Waals surface area contributed by atoms with Gasteiger partial charge in [0.1, 0.15) is 16.3 Å². The first kappa shape index (κ1) is 24.8. The lowest BCUT2D eigenvalue weighted by atomic mass is 9.92. The van der Waals surface area contributed by atoms with Crippen LogP contribution < -0.4 is 10.6 Å². The van der Waals surface area contributed by atoms with Crippen molar-refractivity contribution in [3.8, 4) is 10.6 Å². The fraction of sp³-hybridized carbons (Fsp3) is 0.600. The zero-order valence-corrected chi connectivity index (χ0v) is 21.8. The molecule has 0 aromatic carbocycles. The molecular weight excluding hydrogens is 448 g/mol. The van der Waals surface area contributed by atoms with E-state index >= 15 is 0 Å². The van der Waals surface area contributed by atoms with Crippen molar-refractivity contribution < 1.29 is 9.84 Å². The quantitative estimate of drug-likeness (QED) is 0.392. The molecule has 1 saturated carbocycles. The number of hydrogen-bond acceptors (Lipinski definition) is 9. The summed E-state index contributed by atoms with van der Waals surface area (Å²) >= 11 is 1.64. The Balaban J connectivity index is 1.68. The van der Waals surface area contributed by atoms with E-state index in [0.717, 1.165) is 63.7 Å². The molecule has 3 aromatic rings. The molecule has 34 heavy (non-hydrogen) atoms. The maximum absolute atomic E-state index is 10.3. The monoisotopic (exact) mass is 484 g/mol. The summed E-state index contributed by atoms with van der Waals surface area (Å²) in [6.45, 7) is 10.4. The van der Waals surface area contributed by atoms with Gasteiger partial charge in [0.15, 0.2) is 0 Å². The topological polar surface area (TPSA) is 105 Å². The van der Waals surface area contributed by atoms with E-state index in [2.05, 4.69) is 15.6 Å². The number of nitrogens with zero attached hydrogens (tertiary/aromatic N) is 4. The minimum absolute atomic E-state index is 0.0851. The molecular formula is C25H36N6O2S. The number of nitrogens with one attached hydrogen (secondary N) is 2. The van der Waals surface area contributed by atoms with E-state index in [4.69, 9.17) is 19.7 Å². The summed E-state index contributed by atoms with van der Waals surface area (Å²) in [5, 5.41) is 18.2. The molecule has 0 spiro atoms. The van der Waals surface area contributed by atoms with Crippen LogP contribution in [0.4, 0.5) is 11.8 Å². The Hall–Kier alpha value is -2.36. The fourth-order valence-corrected chi connectivity index (χ4v) is 6.00. The predicted octanol–water partition coefficient (Wildman–Crippen LogP) is 4.95. The summed E-state index contributed by atoms with van der Waals surface area (Å²) < 4.78 is 6.37. The second-order valence-electron chi connectivity index (χ2n) is 10.2. The maximum atomic E-state index is 10.3. The molecule has 3 N–H and O–H groups in total. The Morgan fingerprint density at radius 3 is 2.71 bits per heavy atom. The Bertz CT molecular complexity index is 1140. The number of fused-ring (bicyclic) bond motifs is 1. The fourth-order valence-electron chi connectivity index (χ4n) is 4.89. The molecule has 1 fully saturated rings. The summed E-state index contributed by atoms with van der Waals surface area (Å²) in [4.78, 5) is 19.0.